The summed E-state index contributed by atoms with van der Waals surface area (Å²) in [6.07, 6.45) is 2.52. The zero-order valence-electron chi connectivity index (χ0n) is 11.6. The lowest BCUT2D eigenvalue weighted by molar-refractivity contribution is 0.00578. The van der Waals surface area contributed by atoms with E-state index in [0.29, 0.717) is 0 Å². The average molecular weight is 238 g/mol. The van der Waals surface area contributed by atoms with E-state index >= 15 is 0 Å². The first-order valence-electron chi connectivity index (χ1n) is 6.47. The average Bonchev–Trinajstić information content (AvgIpc) is 2.73. The van der Waals surface area contributed by atoms with Gasteiger partial charge in [0.25, 0.3) is 0 Å². The minimum Gasteiger partial charge on any atom is -0.400 e. The molecule has 3 nitrogen and oxygen atoms in total. The van der Waals surface area contributed by atoms with E-state index < -0.39 is 0 Å². The SMILES string of the molecule is C/C(=C/B1OC(C)(C)C(C)(C)O1)C1CCCO1. The van der Waals surface area contributed by atoms with Crippen molar-refractivity contribution in [1.82, 2.24) is 0 Å². The van der Waals surface area contributed by atoms with Gasteiger partial charge in [0.1, 0.15) is 0 Å². The van der Waals surface area contributed by atoms with Gasteiger partial charge in [0.2, 0.25) is 0 Å². The fourth-order valence-electron chi connectivity index (χ4n) is 2.22. The maximum atomic E-state index is 5.94. The zero-order valence-corrected chi connectivity index (χ0v) is 11.6. The van der Waals surface area contributed by atoms with Crippen LogP contribution in [0.15, 0.2) is 11.5 Å². The molecule has 1 unspecified atom stereocenters. The summed E-state index contributed by atoms with van der Waals surface area (Å²) in [4.78, 5) is 0. The van der Waals surface area contributed by atoms with Gasteiger partial charge in [-0.1, -0.05) is 11.5 Å². The summed E-state index contributed by atoms with van der Waals surface area (Å²) in [5, 5.41) is 0. The Morgan fingerprint density at radius 3 is 2.24 bits per heavy atom. The van der Waals surface area contributed by atoms with Crippen LogP contribution in [0.5, 0.6) is 0 Å². The van der Waals surface area contributed by atoms with Crippen LogP contribution in [0.2, 0.25) is 0 Å². The van der Waals surface area contributed by atoms with Crippen molar-refractivity contribution in [3.05, 3.63) is 11.5 Å². The Morgan fingerprint density at radius 2 is 1.76 bits per heavy atom. The second kappa shape index (κ2) is 4.41. The molecule has 2 heterocycles. The molecule has 0 aromatic heterocycles. The standard InChI is InChI=1S/C13H23BO3/c1-10(11-7-6-8-15-11)9-14-16-12(2,3)13(4,5)17-14/h9,11H,6-8H2,1-5H3/b10-9-. The first-order valence-corrected chi connectivity index (χ1v) is 6.47. The maximum absolute atomic E-state index is 5.94. The van der Waals surface area contributed by atoms with E-state index in [9.17, 15) is 0 Å². The van der Waals surface area contributed by atoms with Crippen LogP contribution in [0, 0.1) is 0 Å². The van der Waals surface area contributed by atoms with Crippen LogP contribution >= 0.6 is 0 Å². The van der Waals surface area contributed by atoms with Crippen LogP contribution in [-0.2, 0) is 14.0 Å². The number of hydrogen-bond acceptors (Lipinski definition) is 3. The molecule has 2 aliphatic heterocycles. The zero-order chi connectivity index (χ0) is 12.7. The Hall–Kier alpha value is -0.315. The molecular weight excluding hydrogens is 215 g/mol. The Labute approximate surface area is 105 Å². The van der Waals surface area contributed by atoms with E-state index in [4.69, 9.17) is 14.0 Å². The van der Waals surface area contributed by atoms with Gasteiger partial charge in [0.15, 0.2) is 0 Å². The molecule has 0 aromatic rings. The van der Waals surface area contributed by atoms with Gasteiger partial charge in [-0.3, -0.25) is 0 Å². The minimum atomic E-state index is -0.259. The lowest BCUT2D eigenvalue weighted by Gasteiger charge is -2.32. The molecule has 2 rings (SSSR count). The van der Waals surface area contributed by atoms with Gasteiger partial charge >= 0.3 is 7.12 Å². The summed E-state index contributed by atoms with van der Waals surface area (Å²) < 4.78 is 17.5. The number of rotatable bonds is 2. The Bertz CT molecular complexity index is 301. The molecule has 4 heteroatoms. The maximum Gasteiger partial charge on any atom is 0.487 e. The van der Waals surface area contributed by atoms with Crippen molar-refractivity contribution in [2.45, 2.75) is 64.8 Å². The summed E-state index contributed by atoms with van der Waals surface area (Å²) in [6.45, 7) is 11.3. The molecule has 0 spiro atoms. The molecule has 0 aromatic carbocycles. The Morgan fingerprint density at radius 1 is 1.18 bits per heavy atom. The smallest absolute Gasteiger partial charge is 0.400 e. The van der Waals surface area contributed by atoms with Gasteiger partial charge in [0, 0.05) is 6.61 Å². The van der Waals surface area contributed by atoms with Crippen LogP contribution in [0.1, 0.15) is 47.5 Å². The third-order valence-corrected chi connectivity index (χ3v) is 4.11. The van der Waals surface area contributed by atoms with E-state index in [0.717, 1.165) is 19.4 Å². The molecule has 0 bridgehead atoms. The van der Waals surface area contributed by atoms with Crippen molar-refractivity contribution in [2.24, 2.45) is 0 Å². The summed E-state index contributed by atoms with van der Waals surface area (Å²) in [6, 6.07) is 0. The topological polar surface area (TPSA) is 27.7 Å². The van der Waals surface area contributed by atoms with Crippen LogP contribution in [0.3, 0.4) is 0 Å². The highest BCUT2D eigenvalue weighted by Gasteiger charge is 2.50. The highest BCUT2D eigenvalue weighted by molar-refractivity contribution is 6.51. The molecular formula is C13H23BO3. The molecule has 96 valence electrons. The predicted octanol–water partition coefficient (Wildman–Crippen LogP) is 2.74. The van der Waals surface area contributed by atoms with Gasteiger partial charge in [-0.2, -0.15) is 0 Å². The second-order valence-electron chi connectivity index (χ2n) is 6.04. The normalized spacial score (nSPS) is 32.2. The molecule has 2 saturated heterocycles. The van der Waals surface area contributed by atoms with Gasteiger partial charge < -0.3 is 14.0 Å². The fourth-order valence-corrected chi connectivity index (χ4v) is 2.22. The van der Waals surface area contributed by atoms with Crippen LogP contribution in [0.4, 0.5) is 0 Å². The van der Waals surface area contributed by atoms with E-state index in [1.54, 1.807) is 0 Å². The van der Waals surface area contributed by atoms with Gasteiger partial charge in [-0.25, -0.2) is 0 Å². The summed E-state index contributed by atoms with van der Waals surface area (Å²) >= 11 is 0. The van der Waals surface area contributed by atoms with Crippen molar-refractivity contribution >= 4 is 7.12 Å². The van der Waals surface area contributed by atoms with E-state index in [-0.39, 0.29) is 24.4 Å². The quantitative estimate of drug-likeness (QED) is 0.692. The fraction of sp³-hybridized carbons (Fsp3) is 0.846. The summed E-state index contributed by atoms with van der Waals surface area (Å²) in [7, 11) is -0.246. The predicted molar refractivity (Wildman–Crippen MR) is 68.8 cm³/mol. The molecule has 0 aliphatic carbocycles. The van der Waals surface area contributed by atoms with Gasteiger partial charge in [-0.05, 0) is 47.5 Å². The first-order chi connectivity index (χ1) is 7.82. The molecule has 0 amide bonds. The summed E-state index contributed by atoms with van der Waals surface area (Å²) in [5.74, 6) is 2.06. The molecule has 0 N–H and O–H groups in total. The van der Waals surface area contributed by atoms with Gasteiger partial charge in [-0.15, -0.1) is 0 Å². The Balaban J connectivity index is 2.03. The van der Waals surface area contributed by atoms with E-state index in [1.807, 2.05) is 0 Å². The molecule has 2 aliphatic rings. The van der Waals surface area contributed by atoms with Crippen molar-refractivity contribution in [2.75, 3.05) is 6.61 Å². The van der Waals surface area contributed by atoms with Crippen molar-refractivity contribution in [1.29, 1.82) is 0 Å². The third-order valence-electron chi connectivity index (χ3n) is 4.11. The summed E-state index contributed by atoms with van der Waals surface area (Å²) in [5.41, 5.74) is 0.705. The lowest BCUT2D eigenvalue weighted by atomic mass is 9.85. The third kappa shape index (κ3) is 2.59. The van der Waals surface area contributed by atoms with Crippen molar-refractivity contribution in [3.63, 3.8) is 0 Å². The number of ether oxygens (including phenoxy) is 1. The highest BCUT2D eigenvalue weighted by Crippen LogP contribution is 2.37. The van der Waals surface area contributed by atoms with E-state index in [2.05, 4.69) is 40.6 Å². The molecule has 1 atom stereocenters. The van der Waals surface area contributed by atoms with Crippen LogP contribution < -0.4 is 0 Å². The molecule has 0 saturated carbocycles. The Kier molecular flexibility index (Phi) is 3.41. The monoisotopic (exact) mass is 238 g/mol. The van der Waals surface area contributed by atoms with E-state index in [1.165, 1.54) is 5.57 Å². The number of hydrogen-bond donors (Lipinski definition) is 0. The lowest BCUT2D eigenvalue weighted by Crippen LogP contribution is -2.41. The molecule has 2 fully saturated rings. The van der Waals surface area contributed by atoms with Crippen LogP contribution in [-0.4, -0.2) is 31.0 Å². The second-order valence-corrected chi connectivity index (χ2v) is 6.04. The van der Waals surface area contributed by atoms with Gasteiger partial charge in [0.05, 0.1) is 17.3 Å². The first kappa shape index (κ1) is 13.1. The molecule has 0 radical (unpaired) electrons. The van der Waals surface area contributed by atoms with Crippen molar-refractivity contribution in [3.8, 4) is 0 Å². The highest BCUT2D eigenvalue weighted by atomic mass is 16.7. The van der Waals surface area contributed by atoms with Crippen LogP contribution in [0.25, 0.3) is 0 Å². The minimum absolute atomic E-state index is 0.246. The largest absolute Gasteiger partial charge is 0.487 e. The molecule has 17 heavy (non-hydrogen) atoms. The van der Waals surface area contributed by atoms with Crippen molar-refractivity contribution < 1.29 is 14.0 Å².